The monoisotopic (exact) mass is 248 g/mol. The number of hydrogen-bond donors (Lipinski definition) is 1. The second kappa shape index (κ2) is 4.32. The van der Waals surface area contributed by atoms with Gasteiger partial charge in [0.1, 0.15) is 0 Å². The summed E-state index contributed by atoms with van der Waals surface area (Å²) in [5.41, 5.74) is -0.0483. The van der Waals surface area contributed by atoms with E-state index in [0.717, 1.165) is 6.42 Å². The van der Waals surface area contributed by atoms with E-state index in [1.54, 1.807) is 12.2 Å². The topological polar surface area (TPSA) is 20.2 Å². The Morgan fingerprint density at radius 2 is 1.82 bits per heavy atom. The summed E-state index contributed by atoms with van der Waals surface area (Å²) >= 11 is 6.06. The van der Waals surface area contributed by atoms with Crippen LogP contribution in [0.25, 0.3) is 0 Å². The van der Waals surface area contributed by atoms with Crippen molar-refractivity contribution in [2.24, 2.45) is 5.41 Å². The van der Waals surface area contributed by atoms with Crippen molar-refractivity contribution in [2.45, 2.75) is 25.9 Å². The Balaban J connectivity index is 2.32. The number of allylic oxidation sites excluding steroid dienone is 2. The van der Waals surface area contributed by atoms with Crippen molar-refractivity contribution in [1.82, 2.24) is 0 Å². The summed E-state index contributed by atoms with van der Waals surface area (Å²) in [5, 5.41) is 11.2. The lowest BCUT2D eigenvalue weighted by Crippen LogP contribution is -2.44. The van der Waals surface area contributed by atoms with Crippen LogP contribution in [0.2, 0.25) is 0 Å². The minimum atomic E-state index is -0.874. The highest BCUT2D eigenvalue weighted by atomic mass is 35.5. The second-order valence-electron chi connectivity index (χ2n) is 5.09. The Morgan fingerprint density at radius 1 is 1.18 bits per heavy atom. The quantitative estimate of drug-likeness (QED) is 0.847. The third kappa shape index (κ3) is 2.46. The molecule has 2 heteroatoms. The van der Waals surface area contributed by atoms with Gasteiger partial charge in [0.05, 0.1) is 5.60 Å². The van der Waals surface area contributed by atoms with E-state index in [9.17, 15) is 5.11 Å². The van der Waals surface area contributed by atoms with Gasteiger partial charge in [-0.3, -0.25) is 0 Å². The Kier molecular flexibility index (Phi) is 3.15. The van der Waals surface area contributed by atoms with Gasteiger partial charge in [-0.2, -0.15) is 0 Å². The Labute approximate surface area is 107 Å². The maximum atomic E-state index is 10.5. The van der Waals surface area contributed by atoms with Gasteiger partial charge in [0.15, 0.2) is 0 Å². The number of benzene rings is 1. The van der Waals surface area contributed by atoms with E-state index in [1.165, 1.54) is 5.56 Å². The molecule has 0 saturated carbocycles. The zero-order valence-corrected chi connectivity index (χ0v) is 10.9. The normalized spacial score (nSPS) is 32.4. The summed E-state index contributed by atoms with van der Waals surface area (Å²) in [4.78, 5) is 0. The first-order chi connectivity index (χ1) is 7.93. The lowest BCUT2D eigenvalue weighted by molar-refractivity contribution is 0.00855. The molecule has 0 aromatic heterocycles. The van der Waals surface area contributed by atoms with Crippen molar-refractivity contribution in [3.8, 4) is 0 Å². The zero-order chi connectivity index (χ0) is 12.5. The highest BCUT2D eigenvalue weighted by Crippen LogP contribution is 2.41. The van der Waals surface area contributed by atoms with Gasteiger partial charge in [0.25, 0.3) is 0 Å². The van der Waals surface area contributed by atoms with E-state index in [2.05, 4.69) is 12.1 Å². The molecule has 0 heterocycles. The van der Waals surface area contributed by atoms with Crippen molar-refractivity contribution in [3.05, 3.63) is 59.2 Å². The largest absolute Gasteiger partial charge is 0.385 e. The minimum absolute atomic E-state index is 0.375. The fourth-order valence-electron chi connectivity index (χ4n) is 2.18. The molecule has 2 rings (SSSR count). The van der Waals surface area contributed by atoms with E-state index >= 15 is 0 Å². The Bertz CT molecular complexity index is 459. The molecule has 17 heavy (non-hydrogen) atoms. The van der Waals surface area contributed by atoms with Crippen LogP contribution in [0.3, 0.4) is 0 Å². The second-order valence-corrected chi connectivity index (χ2v) is 5.53. The molecule has 0 saturated heterocycles. The van der Waals surface area contributed by atoms with Crippen LogP contribution < -0.4 is 0 Å². The van der Waals surface area contributed by atoms with Crippen LogP contribution >= 0.6 is 11.6 Å². The highest BCUT2D eigenvalue weighted by Gasteiger charge is 2.41. The molecule has 1 N–H and O–H groups in total. The fourth-order valence-corrected chi connectivity index (χ4v) is 2.48. The average molecular weight is 249 g/mol. The van der Waals surface area contributed by atoms with Crippen molar-refractivity contribution in [2.75, 3.05) is 0 Å². The van der Waals surface area contributed by atoms with Crippen molar-refractivity contribution in [3.63, 3.8) is 0 Å². The van der Waals surface area contributed by atoms with Crippen LogP contribution in [0.4, 0.5) is 0 Å². The van der Waals surface area contributed by atoms with Crippen LogP contribution in [0.1, 0.15) is 19.4 Å². The van der Waals surface area contributed by atoms with Crippen LogP contribution in [0.15, 0.2) is 53.6 Å². The smallest absolute Gasteiger partial charge is 0.0894 e. The molecule has 0 spiro atoms. The molecule has 0 fully saturated rings. The van der Waals surface area contributed by atoms with Crippen LogP contribution in [0, 0.1) is 5.41 Å². The van der Waals surface area contributed by atoms with Gasteiger partial charge in [0.2, 0.25) is 0 Å². The standard InChI is InChI=1S/C15H17ClO/c1-14(10-12-6-4-3-5-7-12)11-13(16)8-9-15(14,2)17/h3-9,11,17H,10H2,1-2H3. The number of rotatable bonds is 2. The van der Waals surface area contributed by atoms with Gasteiger partial charge in [-0.1, -0.05) is 61.0 Å². The average Bonchev–Trinajstić information content (AvgIpc) is 2.26. The lowest BCUT2D eigenvalue weighted by atomic mass is 9.68. The van der Waals surface area contributed by atoms with Crippen molar-refractivity contribution < 1.29 is 5.11 Å². The molecule has 0 bridgehead atoms. The summed E-state index contributed by atoms with van der Waals surface area (Å²) in [6.45, 7) is 3.86. The van der Waals surface area contributed by atoms with E-state index in [-0.39, 0.29) is 5.41 Å². The molecule has 2 atom stereocenters. The molecule has 90 valence electrons. The van der Waals surface area contributed by atoms with E-state index in [0.29, 0.717) is 5.03 Å². The lowest BCUT2D eigenvalue weighted by Gasteiger charge is -2.41. The zero-order valence-electron chi connectivity index (χ0n) is 10.2. The molecular weight excluding hydrogens is 232 g/mol. The molecule has 1 aliphatic carbocycles. The maximum Gasteiger partial charge on any atom is 0.0894 e. The van der Waals surface area contributed by atoms with Crippen molar-refractivity contribution >= 4 is 11.6 Å². The summed E-state index contributed by atoms with van der Waals surface area (Å²) in [5.74, 6) is 0. The summed E-state index contributed by atoms with van der Waals surface area (Å²) in [6.07, 6.45) is 6.25. The molecule has 1 aliphatic rings. The molecule has 1 aromatic carbocycles. The maximum absolute atomic E-state index is 10.5. The first-order valence-corrected chi connectivity index (χ1v) is 6.15. The van der Waals surface area contributed by atoms with Crippen LogP contribution in [0.5, 0.6) is 0 Å². The molecular formula is C15H17ClO. The van der Waals surface area contributed by atoms with Gasteiger partial charge < -0.3 is 5.11 Å². The molecule has 1 aromatic rings. The van der Waals surface area contributed by atoms with Gasteiger partial charge in [-0.15, -0.1) is 0 Å². The van der Waals surface area contributed by atoms with E-state index in [4.69, 9.17) is 11.6 Å². The number of hydrogen-bond acceptors (Lipinski definition) is 1. The highest BCUT2D eigenvalue weighted by molar-refractivity contribution is 6.31. The summed E-state index contributed by atoms with van der Waals surface area (Å²) < 4.78 is 0. The van der Waals surface area contributed by atoms with Gasteiger partial charge in [-0.05, 0) is 25.0 Å². The number of aliphatic hydroxyl groups is 1. The summed E-state index contributed by atoms with van der Waals surface area (Å²) in [7, 11) is 0. The fraction of sp³-hybridized carbons (Fsp3) is 0.333. The molecule has 1 nitrogen and oxygen atoms in total. The van der Waals surface area contributed by atoms with E-state index in [1.807, 2.05) is 38.1 Å². The van der Waals surface area contributed by atoms with Gasteiger partial charge in [0, 0.05) is 10.4 Å². The van der Waals surface area contributed by atoms with Crippen LogP contribution in [-0.2, 0) is 6.42 Å². The number of halogens is 1. The third-order valence-corrected chi connectivity index (χ3v) is 3.83. The van der Waals surface area contributed by atoms with E-state index < -0.39 is 5.60 Å². The SMILES string of the molecule is CC1(O)C=CC(Cl)=CC1(C)Cc1ccccc1. The predicted molar refractivity (Wildman–Crippen MR) is 72.0 cm³/mol. The van der Waals surface area contributed by atoms with Gasteiger partial charge >= 0.3 is 0 Å². The predicted octanol–water partition coefficient (Wildman–Crippen LogP) is 3.68. The van der Waals surface area contributed by atoms with Crippen LogP contribution in [-0.4, -0.2) is 10.7 Å². The van der Waals surface area contributed by atoms with Gasteiger partial charge in [-0.25, -0.2) is 0 Å². The molecule has 2 unspecified atom stereocenters. The first-order valence-electron chi connectivity index (χ1n) is 5.77. The first kappa shape index (κ1) is 12.4. The third-order valence-electron chi connectivity index (χ3n) is 3.59. The minimum Gasteiger partial charge on any atom is -0.385 e. The Morgan fingerprint density at radius 3 is 2.47 bits per heavy atom. The Hall–Kier alpha value is -1.05. The molecule has 0 amide bonds. The molecule has 0 aliphatic heterocycles. The summed E-state index contributed by atoms with van der Waals surface area (Å²) in [6, 6.07) is 10.2. The van der Waals surface area contributed by atoms with Crippen molar-refractivity contribution in [1.29, 1.82) is 0 Å². The molecule has 0 radical (unpaired) electrons.